The Kier molecular flexibility index (Phi) is 7.56. The first-order valence-corrected chi connectivity index (χ1v) is 13.1. The van der Waals surface area contributed by atoms with Crippen LogP contribution in [0.1, 0.15) is 11.1 Å². The third-order valence-electron chi connectivity index (χ3n) is 5.95. The maximum Gasteiger partial charge on any atom is 0.267 e. The Morgan fingerprint density at radius 3 is 1.46 bits per heavy atom. The van der Waals surface area contributed by atoms with Crippen LogP contribution in [0.5, 0.6) is 0 Å². The van der Waals surface area contributed by atoms with Crippen molar-refractivity contribution < 1.29 is 9.85 Å². The summed E-state index contributed by atoms with van der Waals surface area (Å²) in [5.74, 6) is 0. The lowest BCUT2D eigenvalue weighted by molar-refractivity contribution is -0.419. The highest BCUT2D eigenvalue weighted by Crippen LogP contribution is 2.54. The molecular formula is C24H18Cl4N4O4S. The maximum atomic E-state index is 11.6. The number of hydrogen-bond acceptors (Lipinski definition) is 7. The van der Waals surface area contributed by atoms with E-state index in [9.17, 15) is 20.2 Å². The number of alkyl halides is 2. The van der Waals surface area contributed by atoms with Crippen molar-refractivity contribution in [1.82, 2.24) is 0 Å². The van der Waals surface area contributed by atoms with E-state index in [2.05, 4.69) is 0 Å². The SMILES string of the molecule is Nc1ccc(C2(Cl)C=C([N+](=O)[O-])C=CC2SC2C=CC([N+](=O)[O-])=CC2(Cl)c2ccc(N)cc2Cl)c(Cl)c1. The number of rotatable bonds is 6. The van der Waals surface area contributed by atoms with Gasteiger partial charge in [-0.15, -0.1) is 35.0 Å². The Labute approximate surface area is 235 Å². The fourth-order valence-electron chi connectivity index (χ4n) is 4.16. The molecule has 2 aromatic rings. The minimum atomic E-state index is -1.48. The molecule has 0 radical (unpaired) electrons. The minimum Gasteiger partial charge on any atom is -0.399 e. The standard InChI is InChI=1S/C24H18Cl4N4O4S/c25-19-9-13(29)1-5-17(19)23(27)11-15(31(33)34)3-7-21(23)37-22-8-4-16(32(35)36)12-24(22,28)18-6-2-14(30)10-20(18)26/h1-12,21-22H,29-30H2. The van der Waals surface area contributed by atoms with Crippen LogP contribution in [0.4, 0.5) is 11.4 Å². The van der Waals surface area contributed by atoms with Gasteiger partial charge in [0.1, 0.15) is 9.75 Å². The summed E-state index contributed by atoms with van der Waals surface area (Å²) in [7, 11) is 0. The molecule has 0 fully saturated rings. The van der Waals surface area contributed by atoms with Crippen LogP contribution in [-0.4, -0.2) is 20.3 Å². The Morgan fingerprint density at radius 2 is 1.14 bits per heavy atom. The first-order chi connectivity index (χ1) is 17.3. The number of nitrogens with two attached hydrogens (primary N) is 2. The van der Waals surface area contributed by atoms with Gasteiger partial charge in [-0.05, 0) is 35.4 Å². The van der Waals surface area contributed by atoms with Gasteiger partial charge in [-0.1, -0.05) is 47.5 Å². The zero-order chi connectivity index (χ0) is 27.1. The Bertz CT molecular complexity index is 1320. The van der Waals surface area contributed by atoms with Crippen LogP contribution in [0.15, 0.2) is 84.2 Å². The van der Waals surface area contributed by atoms with Gasteiger partial charge in [0.15, 0.2) is 0 Å². The molecule has 2 aromatic carbocycles. The summed E-state index contributed by atoms with van der Waals surface area (Å²) in [6, 6.07) is 9.42. The predicted molar refractivity (Wildman–Crippen MR) is 150 cm³/mol. The van der Waals surface area contributed by atoms with Gasteiger partial charge in [0.05, 0.1) is 20.3 Å². The van der Waals surface area contributed by atoms with Gasteiger partial charge in [-0.25, -0.2) is 0 Å². The second-order valence-electron chi connectivity index (χ2n) is 8.36. The van der Waals surface area contributed by atoms with E-state index >= 15 is 0 Å². The van der Waals surface area contributed by atoms with Gasteiger partial charge in [0, 0.05) is 45.7 Å². The van der Waals surface area contributed by atoms with Crippen molar-refractivity contribution in [3.05, 3.63) is 126 Å². The Morgan fingerprint density at radius 1 is 0.757 bits per heavy atom. The molecule has 37 heavy (non-hydrogen) atoms. The van der Waals surface area contributed by atoms with Crippen molar-refractivity contribution in [2.75, 3.05) is 11.5 Å². The lowest BCUT2D eigenvalue weighted by Crippen LogP contribution is -2.38. The van der Waals surface area contributed by atoms with E-state index in [0.29, 0.717) is 22.5 Å². The van der Waals surface area contributed by atoms with Crippen LogP contribution >= 0.6 is 58.2 Å². The molecule has 0 heterocycles. The Hall–Kier alpha value is -2.69. The second-order valence-corrected chi connectivity index (χ2v) is 11.7. The van der Waals surface area contributed by atoms with Gasteiger partial charge in [0.2, 0.25) is 0 Å². The van der Waals surface area contributed by atoms with E-state index in [1.165, 1.54) is 48.2 Å². The zero-order valence-electron chi connectivity index (χ0n) is 18.7. The third-order valence-corrected chi connectivity index (χ3v) is 9.58. The van der Waals surface area contributed by atoms with Crippen LogP contribution in [0, 0.1) is 20.2 Å². The minimum absolute atomic E-state index is 0.215. The first kappa shape index (κ1) is 27.3. The molecule has 2 aliphatic rings. The van der Waals surface area contributed by atoms with E-state index in [0.717, 1.165) is 0 Å². The largest absolute Gasteiger partial charge is 0.399 e. The van der Waals surface area contributed by atoms with Crippen molar-refractivity contribution in [2.24, 2.45) is 0 Å². The van der Waals surface area contributed by atoms with Crippen molar-refractivity contribution in [3.63, 3.8) is 0 Å². The molecule has 4 unspecified atom stereocenters. The number of benzene rings is 2. The highest BCUT2D eigenvalue weighted by atomic mass is 35.5. The van der Waals surface area contributed by atoms with Gasteiger partial charge in [0.25, 0.3) is 11.4 Å². The summed E-state index contributed by atoms with van der Waals surface area (Å²) in [6.07, 6.45) is 8.51. The van der Waals surface area contributed by atoms with Crippen molar-refractivity contribution in [3.8, 4) is 0 Å². The molecule has 13 heteroatoms. The maximum absolute atomic E-state index is 11.6. The molecule has 4 rings (SSSR count). The van der Waals surface area contributed by atoms with Crippen LogP contribution < -0.4 is 11.5 Å². The number of allylic oxidation sites excluding steroid dienone is 4. The van der Waals surface area contributed by atoms with E-state index in [1.807, 2.05) is 0 Å². The van der Waals surface area contributed by atoms with Gasteiger partial charge >= 0.3 is 0 Å². The highest BCUT2D eigenvalue weighted by molar-refractivity contribution is 8.01. The number of hydrogen-bond donors (Lipinski definition) is 2. The number of nitrogens with zero attached hydrogens (tertiary/aromatic N) is 2. The van der Waals surface area contributed by atoms with Crippen LogP contribution in [0.3, 0.4) is 0 Å². The first-order valence-electron chi connectivity index (χ1n) is 10.6. The predicted octanol–water partition coefficient (Wildman–Crippen LogP) is 6.66. The topological polar surface area (TPSA) is 138 Å². The number of anilines is 2. The summed E-state index contributed by atoms with van der Waals surface area (Å²) >= 11 is 28.5. The fourth-order valence-corrected chi connectivity index (χ4v) is 7.40. The summed E-state index contributed by atoms with van der Waals surface area (Å²) < 4.78 is 0. The van der Waals surface area contributed by atoms with Gasteiger partial charge < -0.3 is 11.5 Å². The smallest absolute Gasteiger partial charge is 0.267 e. The molecule has 8 nitrogen and oxygen atoms in total. The van der Waals surface area contributed by atoms with Crippen LogP contribution in [-0.2, 0) is 9.75 Å². The Balaban J connectivity index is 1.82. The lowest BCUT2D eigenvalue weighted by atomic mass is 9.89. The number of halogens is 4. The molecule has 4 atom stereocenters. The lowest BCUT2D eigenvalue weighted by Gasteiger charge is -2.39. The van der Waals surface area contributed by atoms with Gasteiger partial charge in [-0.3, -0.25) is 20.2 Å². The molecule has 0 spiro atoms. The summed E-state index contributed by atoms with van der Waals surface area (Å²) in [4.78, 5) is 19.2. The van der Waals surface area contributed by atoms with Crippen LogP contribution in [0.2, 0.25) is 10.0 Å². The molecule has 4 N–H and O–H groups in total. The number of nitro groups is 2. The third kappa shape index (κ3) is 5.19. The van der Waals surface area contributed by atoms with E-state index in [1.54, 1.807) is 36.4 Å². The molecule has 0 saturated carbocycles. The second kappa shape index (κ2) is 10.2. The summed E-state index contributed by atoms with van der Waals surface area (Å²) in [6.45, 7) is 0. The van der Waals surface area contributed by atoms with Gasteiger partial charge in [-0.2, -0.15) is 0 Å². The van der Waals surface area contributed by atoms with Crippen molar-refractivity contribution in [1.29, 1.82) is 0 Å². The average molecular weight is 600 g/mol. The summed E-state index contributed by atoms with van der Waals surface area (Å²) in [5, 5.41) is 22.4. The highest BCUT2D eigenvalue weighted by Gasteiger charge is 2.48. The summed E-state index contributed by atoms with van der Waals surface area (Å²) in [5.41, 5.74) is 12.9. The number of thioether (sulfide) groups is 1. The quantitative estimate of drug-likeness (QED) is 0.164. The van der Waals surface area contributed by atoms with E-state index in [-0.39, 0.29) is 21.4 Å². The van der Waals surface area contributed by atoms with Crippen molar-refractivity contribution >= 4 is 69.5 Å². The molecular weight excluding hydrogens is 582 g/mol. The van der Waals surface area contributed by atoms with E-state index < -0.39 is 30.1 Å². The molecule has 0 amide bonds. The fraction of sp³-hybridized carbons (Fsp3) is 0.167. The van der Waals surface area contributed by atoms with E-state index in [4.69, 9.17) is 57.9 Å². The van der Waals surface area contributed by atoms with Crippen molar-refractivity contribution in [2.45, 2.75) is 20.2 Å². The average Bonchev–Trinajstić information content (AvgIpc) is 2.81. The monoisotopic (exact) mass is 598 g/mol. The molecule has 0 saturated heterocycles. The molecule has 0 aliphatic heterocycles. The molecule has 192 valence electrons. The number of nitrogen functional groups attached to an aromatic ring is 2. The zero-order valence-corrected chi connectivity index (χ0v) is 22.5. The normalized spacial score (nSPS) is 26.9. The molecule has 0 aromatic heterocycles. The molecule has 2 aliphatic carbocycles. The van der Waals surface area contributed by atoms with Crippen LogP contribution in [0.25, 0.3) is 0 Å². The molecule has 0 bridgehead atoms.